The van der Waals surface area contributed by atoms with Crippen LogP contribution in [0.1, 0.15) is 67.2 Å². The molecule has 8 rings (SSSR count). The molecule has 0 bridgehead atoms. The number of aliphatic hydroxyl groups excluding tert-OH is 1. The number of aliphatic hydroxyl groups is 1. The molecule has 4 fully saturated rings. The molecular weight excluding hydrogens is 849 g/mol. The average molecular weight is 905 g/mol. The Bertz CT molecular complexity index is 2230. The van der Waals surface area contributed by atoms with Gasteiger partial charge in [-0.3, -0.25) is 0 Å². The number of ether oxygens (including phenoxy) is 7. The first kappa shape index (κ1) is 46.3. The fourth-order valence-corrected chi connectivity index (χ4v) is 9.13. The largest absolute Gasteiger partial charge is 0.445 e. The molecule has 4 aromatic carbocycles. The van der Waals surface area contributed by atoms with Crippen LogP contribution >= 0.6 is 0 Å². The molecule has 2 aliphatic heterocycles. The van der Waals surface area contributed by atoms with Crippen LogP contribution in [0.4, 0.5) is 14.4 Å². The number of carbonyl (C=O) groups is 3. The van der Waals surface area contributed by atoms with Crippen LogP contribution in [0.2, 0.25) is 0 Å². The van der Waals surface area contributed by atoms with Crippen molar-refractivity contribution in [3.63, 3.8) is 0 Å². The zero-order chi connectivity index (χ0) is 45.7. The van der Waals surface area contributed by atoms with E-state index in [9.17, 15) is 25.0 Å². The molecule has 17 nitrogen and oxygen atoms in total. The van der Waals surface area contributed by atoms with Crippen LogP contribution in [0.5, 0.6) is 0 Å². The van der Waals surface area contributed by atoms with E-state index in [1.807, 2.05) is 121 Å². The van der Waals surface area contributed by atoms with Gasteiger partial charge in [0, 0.05) is 24.3 Å². The summed E-state index contributed by atoms with van der Waals surface area (Å²) in [4.78, 5) is 45.7. The second-order valence-corrected chi connectivity index (χ2v) is 17.1. The summed E-state index contributed by atoms with van der Waals surface area (Å²) in [5.74, 6) is -1.07. The molecular formula is C49H56N6O11. The topological polar surface area (TPSA) is 212 Å². The van der Waals surface area contributed by atoms with E-state index < -0.39 is 79.0 Å². The third-order valence-corrected chi connectivity index (χ3v) is 12.4. The normalized spacial score (nSPS) is 26.5. The van der Waals surface area contributed by atoms with E-state index in [4.69, 9.17) is 33.2 Å². The van der Waals surface area contributed by atoms with Gasteiger partial charge in [-0.2, -0.15) is 0 Å². The van der Waals surface area contributed by atoms with E-state index in [0.29, 0.717) is 25.7 Å². The van der Waals surface area contributed by atoms with Gasteiger partial charge in [0.2, 0.25) is 0 Å². The molecule has 9 atom stereocenters. The number of alkyl carbamates (subject to hydrolysis) is 2. The van der Waals surface area contributed by atoms with Crippen LogP contribution in [-0.2, 0) is 59.5 Å². The predicted octanol–water partition coefficient (Wildman–Crippen LogP) is 7.80. The van der Waals surface area contributed by atoms with Crippen LogP contribution in [0.3, 0.4) is 0 Å². The molecule has 2 saturated carbocycles. The Balaban J connectivity index is 1.06. The van der Waals surface area contributed by atoms with E-state index in [2.05, 4.69) is 20.7 Å². The Hall–Kier alpha value is -6.20. The van der Waals surface area contributed by atoms with Gasteiger partial charge in [-0.1, -0.05) is 133 Å². The van der Waals surface area contributed by atoms with Crippen molar-refractivity contribution in [2.45, 2.75) is 132 Å². The third-order valence-electron chi connectivity index (χ3n) is 12.4. The van der Waals surface area contributed by atoms with Gasteiger partial charge in [-0.15, -0.1) is 0 Å². The summed E-state index contributed by atoms with van der Waals surface area (Å²) in [6.07, 6.45) is -4.42. The zero-order valence-electron chi connectivity index (χ0n) is 36.5. The lowest BCUT2D eigenvalue weighted by atomic mass is 9.81. The first-order valence-corrected chi connectivity index (χ1v) is 22.6. The average Bonchev–Trinajstić information content (AvgIpc) is 3.71. The molecule has 0 radical (unpaired) electrons. The summed E-state index contributed by atoms with van der Waals surface area (Å²) in [5.41, 5.74) is 12.9. The van der Waals surface area contributed by atoms with Crippen molar-refractivity contribution >= 4 is 18.3 Å². The Morgan fingerprint density at radius 2 is 1.21 bits per heavy atom. The molecule has 66 heavy (non-hydrogen) atoms. The van der Waals surface area contributed by atoms with E-state index in [-0.39, 0.29) is 32.9 Å². The number of nitrogens with zero attached hydrogens (tertiary/aromatic N) is 4. The minimum Gasteiger partial charge on any atom is -0.445 e. The molecule has 2 saturated heterocycles. The number of fused-ring (bicyclic) bond motifs is 1. The van der Waals surface area contributed by atoms with Gasteiger partial charge in [0.25, 0.3) is 0 Å². The van der Waals surface area contributed by atoms with Crippen molar-refractivity contribution in [2.24, 2.45) is 5.11 Å². The molecule has 3 N–H and O–H groups in total. The second kappa shape index (κ2) is 22.3. The number of azide groups is 1. The van der Waals surface area contributed by atoms with Gasteiger partial charge in [-0.25, -0.2) is 14.4 Å². The van der Waals surface area contributed by atoms with Crippen LogP contribution in [0.25, 0.3) is 10.4 Å². The van der Waals surface area contributed by atoms with Crippen LogP contribution in [0, 0.1) is 0 Å². The van der Waals surface area contributed by atoms with Gasteiger partial charge in [0.15, 0.2) is 12.1 Å². The van der Waals surface area contributed by atoms with Gasteiger partial charge in [-0.05, 0) is 53.5 Å². The zero-order valence-corrected chi connectivity index (χ0v) is 36.5. The standard InChI is InChI=1S/C49H56N6O11/c50-54-53-38-25-24-37(29-55(28-33-16-6-1-7-17-33)48(59)62-32-36-22-12-4-13-23-36)63-45(38)64-42-39(51-46(57)60-30-34-18-8-2-9-19-34)41(56)40(52-47(58)61-31-35-20-10-3-11-21-35)43-44(42)66-49(65-43)26-14-5-15-27-49/h1-4,6-13,16-23,37-45,56H,5,14-15,24-32H2,(H,51,57)(H,52,58)/t37-,38+,39-,40+,41-,42+,43-,44-,45+/m0/s1. The number of hydrogen-bond donors (Lipinski definition) is 3. The van der Waals surface area contributed by atoms with Crippen LogP contribution in [0.15, 0.2) is 126 Å². The van der Waals surface area contributed by atoms with E-state index in [0.717, 1.165) is 41.5 Å². The first-order chi connectivity index (χ1) is 32.3. The van der Waals surface area contributed by atoms with Crippen molar-refractivity contribution in [1.29, 1.82) is 0 Å². The Kier molecular flexibility index (Phi) is 15.7. The molecule has 17 heteroatoms. The Labute approximate surface area is 383 Å². The van der Waals surface area contributed by atoms with E-state index in [1.54, 1.807) is 4.90 Å². The van der Waals surface area contributed by atoms with Crippen molar-refractivity contribution in [1.82, 2.24) is 15.5 Å². The predicted molar refractivity (Wildman–Crippen MR) is 238 cm³/mol. The number of rotatable bonds is 15. The fraction of sp³-hybridized carbons (Fsp3) is 0.449. The molecule has 0 unspecified atom stereocenters. The minimum absolute atomic E-state index is 0.0292. The lowest BCUT2D eigenvalue weighted by molar-refractivity contribution is -0.261. The lowest BCUT2D eigenvalue weighted by Gasteiger charge is -2.47. The molecule has 4 aromatic rings. The first-order valence-electron chi connectivity index (χ1n) is 22.6. The fourth-order valence-electron chi connectivity index (χ4n) is 9.13. The summed E-state index contributed by atoms with van der Waals surface area (Å²) < 4.78 is 44.1. The maximum atomic E-state index is 13.8. The molecule has 2 aliphatic carbocycles. The second-order valence-electron chi connectivity index (χ2n) is 17.1. The number of nitrogens with one attached hydrogen (secondary N) is 2. The lowest BCUT2D eigenvalue weighted by Crippen LogP contribution is -2.72. The SMILES string of the molecule is [N-]=[N+]=N[C@@H]1CC[C@@H](CN(Cc2ccccc2)C(=O)OCc2ccccc2)O[C@@H]1O[C@@H]1[C@@H](NC(=O)OCc2ccccc2)[C@H](O)[C@@H](NC(=O)OCc2ccccc2)[C@@H]2OC3(CCCCC3)O[C@@H]12. The molecule has 4 aliphatic rings. The summed E-state index contributed by atoms with van der Waals surface area (Å²) in [5, 5.41) is 22.0. The van der Waals surface area contributed by atoms with Crippen molar-refractivity contribution < 1.29 is 52.6 Å². The maximum Gasteiger partial charge on any atom is 0.410 e. The molecule has 3 amide bonds. The smallest absolute Gasteiger partial charge is 0.410 e. The van der Waals surface area contributed by atoms with Gasteiger partial charge in [0.05, 0.1) is 36.9 Å². The van der Waals surface area contributed by atoms with Gasteiger partial charge >= 0.3 is 18.3 Å². The molecule has 1 spiro atoms. The van der Waals surface area contributed by atoms with Crippen molar-refractivity contribution in [3.8, 4) is 0 Å². The maximum absolute atomic E-state index is 13.8. The highest BCUT2D eigenvalue weighted by molar-refractivity contribution is 5.69. The number of hydrogen-bond acceptors (Lipinski definition) is 12. The third kappa shape index (κ3) is 12.0. The van der Waals surface area contributed by atoms with Gasteiger partial charge in [0.1, 0.15) is 38.1 Å². The monoisotopic (exact) mass is 904 g/mol. The highest BCUT2D eigenvalue weighted by Gasteiger charge is 2.62. The summed E-state index contributed by atoms with van der Waals surface area (Å²) in [7, 11) is 0. The quantitative estimate of drug-likeness (QED) is 0.0453. The molecule has 0 aromatic heterocycles. The number of carbonyl (C=O) groups excluding carboxylic acids is 3. The number of benzene rings is 4. The van der Waals surface area contributed by atoms with Crippen LogP contribution < -0.4 is 10.6 Å². The van der Waals surface area contributed by atoms with Crippen molar-refractivity contribution in [2.75, 3.05) is 6.54 Å². The highest BCUT2D eigenvalue weighted by atomic mass is 16.8. The summed E-state index contributed by atoms with van der Waals surface area (Å²) in [6.45, 7) is 0.296. The van der Waals surface area contributed by atoms with Crippen LogP contribution in [-0.4, -0.2) is 95.6 Å². The van der Waals surface area contributed by atoms with E-state index >= 15 is 0 Å². The molecule has 348 valence electrons. The summed E-state index contributed by atoms with van der Waals surface area (Å²) in [6, 6.07) is 33.9. The minimum atomic E-state index is -1.55. The number of amides is 3. The van der Waals surface area contributed by atoms with Crippen molar-refractivity contribution in [3.05, 3.63) is 154 Å². The molecule has 2 heterocycles. The van der Waals surface area contributed by atoms with Gasteiger partial charge < -0.3 is 53.8 Å². The highest BCUT2D eigenvalue weighted by Crippen LogP contribution is 2.46. The Morgan fingerprint density at radius 1 is 0.697 bits per heavy atom. The summed E-state index contributed by atoms with van der Waals surface area (Å²) >= 11 is 0. The Morgan fingerprint density at radius 3 is 1.77 bits per heavy atom. The van der Waals surface area contributed by atoms with E-state index in [1.165, 1.54) is 0 Å².